The predicted molar refractivity (Wildman–Crippen MR) is 117 cm³/mol. The second kappa shape index (κ2) is 8.65. The van der Waals surface area contributed by atoms with Gasteiger partial charge >= 0.3 is 0 Å². The molecule has 4 rings (SSSR count). The first-order chi connectivity index (χ1) is 14.6. The van der Waals surface area contributed by atoms with Gasteiger partial charge in [-0.3, -0.25) is 4.79 Å². The first-order valence-corrected chi connectivity index (χ1v) is 9.75. The maximum Gasteiger partial charge on any atom is 0.246 e. The van der Waals surface area contributed by atoms with Crippen LogP contribution in [0.3, 0.4) is 0 Å². The molecule has 0 unspecified atom stereocenters. The van der Waals surface area contributed by atoms with Crippen molar-refractivity contribution in [2.75, 3.05) is 24.1 Å². The summed E-state index contributed by atoms with van der Waals surface area (Å²) in [6.07, 6.45) is 3.61. The average molecular weight is 401 g/mol. The molecule has 7 nitrogen and oxygen atoms in total. The Hall–Kier alpha value is -3.87. The van der Waals surface area contributed by atoms with Crippen LogP contribution in [-0.4, -0.2) is 39.9 Å². The van der Waals surface area contributed by atoms with E-state index in [1.54, 1.807) is 4.90 Å². The number of anilines is 2. The molecule has 0 aliphatic carbocycles. The van der Waals surface area contributed by atoms with E-state index in [1.807, 2.05) is 54.6 Å². The van der Waals surface area contributed by atoms with Crippen molar-refractivity contribution in [1.82, 2.24) is 14.9 Å². The van der Waals surface area contributed by atoms with E-state index in [-0.39, 0.29) is 11.9 Å². The lowest BCUT2D eigenvalue weighted by molar-refractivity contribution is -0.125. The summed E-state index contributed by atoms with van der Waals surface area (Å²) in [4.78, 5) is 22.2. The van der Waals surface area contributed by atoms with E-state index in [1.165, 1.54) is 12.4 Å². The molecule has 2 heterocycles. The van der Waals surface area contributed by atoms with Gasteiger partial charge in [-0.05, 0) is 42.3 Å². The van der Waals surface area contributed by atoms with Crippen LogP contribution in [0.1, 0.15) is 6.42 Å². The van der Waals surface area contributed by atoms with Crippen molar-refractivity contribution in [3.63, 3.8) is 0 Å². The third-order valence-corrected chi connectivity index (χ3v) is 5.01. The molecular formula is C23H23N5O2. The van der Waals surface area contributed by atoms with E-state index in [9.17, 15) is 4.79 Å². The Bertz CT molecular complexity index is 1040. The fourth-order valence-electron chi connectivity index (χ4n) is 3.51. The standard InChI is InChI=1S/C23H23N5O2/c1-2-20(29)28-13-12-17(14-28)27-23-21(22(24)25-15-26-23)16-8-10-19(11-9-16)30-18-6-4-3-5-7-18/h2-11,15,17H,1,12-14H2,(H3,24,25,26,27)/t17-/m1/s1. The molecule has 1 amide bonds. The van der Waals surface area contributed by atoms with Crippen LogP contribution in [0.15, 0.2) is 73.6 Å². The quantitative estimate of drug-likeness (QED) is 0.612. The number of ether oxygens (including phenoxy) is 1. The normalized spacial score (nSPS) is 15.6. The van der Waals surface area contributed by atoms with Crippen molar-refractivity contribution >= 4 is 17.5 Å². The van der Waals surface area contributed by atoms with Gasteiger partial charge in [0.2, 0.25) is 5.91 Å². The fourth-order valence-corrected chi connectivity index (χ4v) is 3.51. The van der Waals surface area contributed by atoms with Gasteiger partial charge in [-0.25, -0.2) is 9.97 Å². The summed E-state index contributed by atoms with van der Waals surface area (Å²) in [6.45, 7) is 4.83. The number of benzene rings is 2. The molecule has 1 atom stereocenters. The van der Waals surface area contributed by atoms with Gasteiger partial charge in [0.25, 0.3) is 0 Å². The van der Waals surface area contributed by atoms with Crippen LogP contribution in [0.2, 0.25) is 0 Å². The number of hydrogen-bond acceptors (Lipinski definition) is 6. The maximum atomic E-state index is 11.8. The molecular weight excluding hydrogens is 378 g/mol. The second-order valence-electron chi connectivity index (χ2n) is 7.04. The Morgan fingerprint density at radius 2 is 1.87 bits per heavy atom. The summed E-state index contributed by atoms with van der Waals surface area (Å²) in [7, 11) is 0. The molecule has 0 radical (unpaired) electrons. The Morgan fingerprint density at radius 3 is 2.60 bits per heavy atom. The molecule has 1 saturated heterocycles. The number of rotatable bonds is 6. The van der Waals surface area contributed by atoms with Gasteiger partial charge in [0, 0.05) is 19.1 Å². The SMILES string of the molecule is C=CC(=O)N1CC[C@@H](Nc2ncnc(N)c2-c2ccc(Oc3ccccc3)cc2)C1. The van der Waals surface area contributed by atoms with Gasteiger partial charge in [-0.1, -0.05) is 36.9 Å². The molecule has 7 heteroatoms. The Kier molecular flexibility index (Phi) is 5.61. The Labute approximate surface area is 175 Å². The van der Waals surface area contributed by atoms with Crippen LogP contribution in [0, 0.1) is 0 Å². The fraction of sp³-hybridized carbons (Fsp3) is 0.174. The molecule has 0 saturated carbocycles. The minimum absolute atomic E-state index is 0.0595. The minimum Gasteiger partial charge on any atom is -0.457 e. The number of aromatic nitrogens is 2. The van der Waals surface area contributed by atoms with Crippen LogP contribution >= 0.6 is 0 Å². The van der Waals surface area contributed by atoms with Crippen LogP contribution in [0.5, 0.6) is 11.5 Å². The van der Waals surface area contributed by atoms with E-state index in [0.29, 0.717) is 24.7 Å². The van der Waals surface area contributed by atoms with E-state index >= 15 is 0 Å². The zero-order valence-corrected chi connectivity index (χ0v) is 16.5. The third kappa shape index (κ3) is 4.25. The number of carbonyl (C=O) groups excluding carboxylic acids is 1. The van der Waals surface area contributed by atoms with Crippen LogP contribution < -0.4 is 15.8 Å². The molecule has 0 spiro atoms. The molecule has 1 fully saturated rings. The number of nitrogens with two attached hydrogens (primary N) is 1. The molecule has 0 bridgehead atoms. The minimum atomic E-state index is -0.0595. The van der Waals surface area contributed by atoms with Gasteiger partial charge < -0.3 is 20.7 Å². The first kappa shape index (κ1) is 19.4. The summed E-state index contributed by atoms with van der Waals surface area (Å²) >= 11 is 0. The molecule has 3 N–H and O–H groups in total. The summed E-state index contributed by atoms with van der Waals surface area (Å²) < 4.78 is 5.86. The number of nitrogen functional groups attached to an aromatic ring is 1. The summed E-state index contributed by atoms with van der Waals surface area (Å²) in [5.74, 6) is 2.48. The number of amides is 1. The van der Waals surface area contributed by atoms with Gasteiger partial charge in [0.1, 0.15) is 29.5 Å². The Morgan fingerprint density at radius 1 is 1.13 bits per heavy atom. The lowest BCUT2D eigenvalue weighted by Gasteiger charge is -2.18. The largest absolute Gasteiger partial charge is 0.457 e. The average Bonchev–Trinajstić information content (AvgIpc) is 3.23. The van der Waals surface area contributed by atoms with Crippen molar-refractivity contribution in [2.24, 2.45) is 0 Å². The number of nitrogens with zero attached hydrogens (tertiary/aromatic N) is 3. The number of para-hydroxylation sites is 1. The maximum absolute atomic E-state index is 11.8. The lowest BCUT2D eigenvalue weighted by atomic mass is 10.1. The highest BCUT2D eigenvalue weighted by Crippen LogP contribution is 2.33. The van der Waals surface area contributed by atoms with Crippen molar-refractivity contribution in [3.8, 4) is 22.6 Å². The monoisotopic (exact) mass is 401 g/mol. The molecule has 30 heavy (non-hydrogen) atoms. The zero-order chi connectivity index (χ0) is 20.9. The molecule has 3 aromatic rings. The van der Waals surface area contributed by atoms with E-state index < -0.39 is 0 Å². The van der Waals surface area contributed by atoms with Gasteiger partial charge in [-0.2, -0.15) is 0 Å². The summed E-state index contributed by atoms with van der Waals surface area (Å²) in [6, 6.07) is 17.3. The van der Waals surface area contributed by atoms with Crippen molar-refractivity contribution in [1.29, 1.82) is 0 Å². The van der Waals surface area contributed by atoms with Crippen LogP contribution in [0.25, 0.3) is 11.1 Å². The van der Waals surface area contributed by atoms with E-state index in [0.717, 1.165) is 29.0 Å². The molecule has 1 aliphatic heterocycles. The van der Waals surface area contributed by atoms with Gasteiger partial charge in [0.15, 0.2) is 0 Å². The lowest BCUT2D eigenvalue weighted by Crippen LogP contribution is -2.30. The number of hydrogen-bond donors (Lipinski definition) is 2. The van der Waals surface area contributed by atoms with E-state index in [4.69, 9.17) is 10.5 Å². The van der Waals surface area contributed by atoms with E-state index in [2.05, 4.69) is 21.9 Å². The highest BCUT2D eigenvalue weighted by Gasteiger charge is 2.26. The zero-order valence-electron chi connectivity index (χ0n) is 16.5. The van der Waals surface area contributed by atoms with Crippen molar-refractivity contribution in [3.05, 3.63) is 73.6 Å². The summed E-state index contributed by atoms with van der Waals surface area (Å²) in [5.41, 5.74) is 7.80. The molecule has 2 aromatic carbocycles. The van der Waals surface area contributed by atoms with Crippen molar-refractivity contribution < 1.29 is 9.53 Å². The van der Waals surface area contributed by atoms with Gasteiger partial charge in [0.05, 0.1) is 5.56 Å². The molecule has 1 aliphatic rings. The number of likely N-dealkylation sites (tertiary alicyclic amines) is 1. The smallest absolute Gasteiger partial charge is 0.246 e. The number of nitrogens with one attached hydrogen (secondary N) is 1. The highest BCUT2D eigenvalue weighted by atomic mass is 16.5. The van der Waals surface area contributed by atoms with Crippen LogP contribution in [-0.2, 0) is 4.79 Å². The number of carbonyl (C=O) groups is 1. The molecule has 1 aromatic heterocycles. The second-order valence-corrected chi connectivity index (χ2v) is 7.04. The predicted octanol–water partition coefficient (Wildman–Crippen LogP) is 3.72. The Balaban J connectivity index is 1.53. The summed E-state index contributed by atoms with van der Waals surface area (Å²) in [5, 5.41) is 3.42. The first-order valence-electron chi connectivity index (χ1n) is 9.75. The highest BCUT2D eigenvalue weighted by molar-refractivity contribution is 5.87. The van der Waals surface area contributed by atoms with Crippen molar-refractivity contribution in [2.45, 2.75) is 12.5 Å². The van der Waals surface area contributed by atoms with Gasteiger partial charge in [-0.15, -0.1) is 0 Å². The third-order valence-electron chi connectivity index (χ3n) is 5.01. The topological polar surface area (TPSA) is 93.4 Å². The molecule has 152 valence electrons. The van der Waals surface area contributed by atoms with Crippen LogP contribution in [0.4, 0.5) is 11.6 Å².